The predicted octanol–water partition coefficient (Wildman–Crippen LogP) is 12.7. The highest BCUT2D eigenvalue weighted by atomic mass is 16.3. The van der Waals surface area contributed by atoms with Crippen LogP contribution in [0.1, 0.15) is 226 Å². The molecule has 0 aromatic carbocycles. The molecule has 0 heterocycles. The van der Waals surface area contributed by atoms with Gasteiger partial charge in [-0.1, -0.05) is 197 Å². The molecule has 0 aliphatic rings. The van der Waals surface area contributed by atoms with E-state index in [1.807, 2.05) is 0 Å². The van der Waals surface area contributed by atoms with E-state index in [1.165, 1.54) is 141 Å². The van der Waals surface area contributed by atoms with E-state index in [9.17, 15) is 25.2 Å². The normalized spacial score (nSPS) is 14.5. The van der Waals surface area contributed by atoms with Crippen molar-refractivity contribution in [3.63, 3.8) is 0 Å². The zero-order valence-electron chi connectivity index (χ0n) is 36.2. The van der Waals surface area contributed by atoms with E-state index in [0.29, 0.717) is 19.3 Å². The van der Waals surface area contributed by atoms with Crippen molar-refractivity contribution in [1.29, 1.82) is 0 Å². The Labute approximate surface area is 340 Å². The Balaban J connectivity index is 3.67. The van der Waals surface area contributed by atoms with Crippen molar-refractivity contribution in [3.8, 4) is 0 Å². The van der Waals surface area contributed by atoms with Gasteiger partial charge in [-0.15, -0.1) is 0 Å². The number of unbranched alkanes of at least 4 members (excludes halogenated alkanes) is 25. The summed E-state index contributed by atoms with van der Waals surface area (Å²) in [5.41, 5.74) is 0. The first-order valence-electron chi connectivity index (χ1n) is 23.5. The third-order valence-electron chi connectivity index (χ3n) is 10.7. The fourth-order valence-electron chi connectivity index (χ4n) is 6.97. The van der Waals surface area contributed by atoms with Crippen molar-refractivity contribution >= 4 is 5.91 Å². The summed E-state index contributed by atoms with van der Waals surface area (Å²) in [7, 11) is 0. The quantitative estimate of drug-likeness (QED) is 0.0313. The molecule has 0 bridgehead atoms. The number of allylic oxidation sites excluding steroid dienone is 8. The molecule has 0 aliphatic carbocycles. The molecule has 322 valence electrons. The fraction of sp³-hybridized carbons (Fsp3) is 0.816. The summed E-state index contributed by atoms with van der Waals surface area (Å²) in [5.74, 6) is -0.601. The smallest absolute Gasteiger partial charge is 0.249 e. The van der Waals surface area contributed by atoms with Crippen molar-refractivity contribution in [2.45, 2.75) is 250 Å². The molecule has 55 heavy (non-hydrogen) atoms. The van der Waals surface area contributed by atoms with Crippen LogP contribution < -0.4 is 5.32 Å². The predicted molar refractivity (Wildman–Crippen MR) is 237 cm³/mol. The Morgan fingerprint density at radius 2 is 0.836 bits per heavy atom. The lowest BCUT2D eigenvalue weighted by molar-refractivity contribution is -0.132. The summed E-state index contributed by atoms with van der Waals surface area (Å²) in [4.78, 5) is 12.5. The van der Waals surface area contributed by atoms with Crippen molar-refractivity contribution in [2.24, 2.45) is 0 Å². The van der Waals surface area contributed by atoms with E-state index in [0.717, 1.165) is 51.4 Å². The molecule has 0 radical (unpaired) electrons. The molecule has 6 nitrogen and oxygen atoms in total. The third-order valence-corrected chi connectivity index (χ3v) is 10.7. The summed E-state index contributed by atoms with van der Waals surface area (Å²) in [6.07, 6.45) is 53.1. The zero-order valence-corrected chi connectivity index (χ0v) is 36.2. The third kappa shape index (κ3) is 37.6. The summed E-state index contributed by atoms with van der Waals surface area (Å²) < 4.78 is 0. The number of rotatable bonds is 42. The Bertz CT molecular complexity index is 915. The van der Waals surface area contributed by atoms with Crippen LogP contribution in [0.15, 0.2) is 48.6 Å². The van der Waals surface area contributed by atoms with Crippen LogP contribution in [0.5, 0.6) is 0 Å². The average molecular weight is 774 g/mol. The van der Waals surface area contributed by atoms with Crippen LogP contribution in [-0.2, 0) is 4.79 Å². The molecule has 0 fully saturated rings. The van der Waals surface area contributed by atoms with Crippen molar-refractivity contribution in [1.82, 2.24) is 5.32 Å². The number of hydrogen-bond donors (Lipinski definition) is 5. The minimum atomic E-state index is -1.29. The van der Waals surface area contributed by atoms with E-state index >= 15 is 0 Å². The fourth-order valence-corrected chi connectivity index (χ4v) is 6.97. The van der Waals surface area contributed by atoms with E-state index in [1.54, 1.807) is 0 Å². The number of carbonyl (C=O) groups is 1. The maximum absolute atomic E-state index is 12.5. The maximum atomic E-state index is 12.5. The van der Waals surface area contributed by atoms with Gasteiger partial charge in [0, 0.05) is 0 Å². The van der Waals surface area contributed by atoms with Gasteiger partial charge in [0.05, 0.1) is 18.8 Å². The number of nitrogens with one attached hydrogen (secondary N) is 1. The van der Waals surface area contributed by atoms with Crippen LogP contribution in [-0.4, -0.2) is 57.3 Å². The molecule has 4 unspecified atom stereocenters. The van der Waals surface area contributed by atoms with Gasteiger partial charge in [-0.05, 0) is 77.0 Å². The summed E-state index contributed by atoms with van der Waals surface area (Å²) in [6.45, 7) is 3.98. The number of amides is 1. The van der Waals surface area contributed by atoms with Gasteiger partial charge in [-0.25, -0.2) is 0 Å². The van der Waals surface area contributed by atoms with Crippen LogP contribution >= 0.6 is 0 Å². The largest absolute Gasteiger partial charge is 0.394 e. The first kappa shape index (κ1) is 53.3. The van der Waals surface area contributed by atoms with Crippen LogP contribution in [0.25, 0.3) is 0 Å². The van der Waals surface area contributed by atoms with Gasteiger partial charge in [0.25, 0.3) is 0 Å². The molecule has 0 aliphatic heterocycles. The first-order valence-corrected chi connectivity index (χ1v) is 23.5. The maximum Gasteiger partial charge on any atom is 0.249 e. The monoisotopic (exact) mass is 774 g/mol. The van der Waals surface area contributed by atoms with Crippen molar-refractivity contribution in [2.75, 3.05) is 6.61 Å². The topological polar surface area (TPSA) is 110 Å². The summed E-state index contributed by atoms with van der Waals surface area (Å²) in [6, 6.07) is -1.01. The Kier molecular flexibility index (Phi) is 42.0. The molecular weight excluding hydrogens is 683 g/mol. The van der Waals surface area contributed by atoms with Gasteiger partial charge in [-0.2, -0.15) is 0 Å². The Morgan fingerprint density at radius 3 is 1.31 bits per heavy atom. The molecule has 1 amide bonds. The molecule has 0 rings (SSSR count). The highest BCUT2D eigenvalue weighted by Gasteiger charge is 2.28. The lowest BCUT2D eigenvalue weighted by Gasteiger charge is -2.27. The molecule has 5 N–H and O–H groups in total. The zero-order chi connectivity index (χ0) is 40.3. The molecule has 0 aromatic heterocycles. The van der Waals surface area contributed by atoms with Crippen molar-refractivity contribution in [3.05, 3.63) is 48.6 Å². The van der Waals surface area contributed by atoms with Crippen LogP contribution in [0.2, 0.25) is 0 Å². The number of aliphatic hydroxyl groups is 4. The lowest BCUT2D eigenvalue weighted by atomic mass is 10.00. The molecule has 0 saturated carbocycles. The summed E-state index contributed by atoms with van der Waals surface area (Å²) >= 11 is 0. The minimum Gasteiger partial charge on any atom is -0.394 e. The molecule has 6 heteroatoms. The highest BCUT2D eigenvalue weighted by Crippen LogP contribution is 2.15. The average Bonchev–Trinajstić information content (AvgIpc) is 3.19. The molecule has 0 spiro atoms. The van der Waals surface area contributed by atoms with Gasteiger partial charge in [0.15, 0.2) is 0 Å². The van der Waals surface area contributed by atoms with E-state index in [2.05, 4.69) is 67.8 Å². The van der Waals surface area contributed by atoms with E-state index < -0.39 is 36.9 Å². The summed E-state index contributed by atoms with van der Waals surface area (Å²) in [5, 5.41) is 43.5. The van der Waals surface area contributed by atoms with Gasteiger partial charge >= 0.3 is 0 Å². The highest BCUT2D eigenvalue weighted by molar-refractivity contribution is 5.80. The van der Waals surface area contributed by atoms with Gasteiger partial charge in [-0.3, -0.25) is 4.79 Å². The molecular formula is C49H91NO5. The van der Waals surface area contributed by atoms with Crippen LogP contribution in [0.4, 0.5) is 0 Å². The number of carbonyl (C=O) groups excluding carboxylic acids is 1. The second-order valence-corrected chi connectivity index (χ2v) is 16.1. The number of hydrogen-bond acceptors (Lipinski definition) is 5. The second kappa shape index (κ2) is 43.4. The molecule has 0 saturated heterocycles. The Morgan fingerprint density at radius 1 is 0.455 bits per heavy atom. The van der Waals surface area contributed by atoms with Crippen LogP contribution in [0.3, 0.4) is 0 Å². The van der Waals surface area contributed by atoms with E-state index in [4.69, 9.17) is 0 Å². The minimum absolute atomic E-state index is 0.357. The second-order valence-electron chi connectivity index (χ2n) is 16.1. The van der Waals surface area contributed by atoms with Crippen LogP contribution in [0, 0.1) is 0 Å². The SMILES string of the molecule is CCCC/C=C/CC/C=C/CCCC(O)C(O)C(CO)NC(=O)C(O)CCCCCCCCCCCCCC/C=C\C/C=C\CCCCCCCCCCC. The molecule has 4 atom stereocenters. The number of aliphatic hydroxyl groups excluding tert-OH is 4. The standard InChI is InChI=1S/C49H91NO5/c1-3-5-7-9-11-13-15-16-17-18-19-20-21-22-23-24-25-26-27-28-29-30-31-33-35-37-39-41-43-47(53)49(55)50-45(44-51)48(54)46(52)42-40-38-36-34-32-14-12-10-8-6-4-2/h10,12,19-20,22-23,34,36,45-48,51-54H,3-9,11,13-18,21,24-33,35,37-44H2,1-2H3,(H,50,55)/b12-10+,20-19-,23-22-,36-34+. The first-order chi connectivity index (χ1) is 27.0. The van der Waals surface area contributed by atoms with Gasteiger partial charge < -0.3 is 25.7 Å². The lowest BCUT2D eigenvalue weighted by Crippen LogP contribution is -2.53. The van der Waals surface area contributed by atoms with E-state index in [-0.39, 0.29) is 0 Å². The Hall–Kier alpha value is -1.73. The molecule has 0 aromatic rings. The van der Waals surface area contributed by atoms with Gasteiger partial charge in [0.2, 0.25) is 5.91 Å². The van der Waals surface area contributed by atoms with Crippen molar-refractivity contribution < 1.29 is 25.2 Å². The van der Waals surface area contributed by atoms with Gasteiger partial charge in [0.1, 0.15) is 12.2 Å².